The standard InChI is InChI=1S/C10H10Cl2N4/c1-2-8-14-3-4-16(8)10-7(12)5-6(11)9(13)15-10/h3-5H,2H2,1H3,(H2,13,15). The van der Waals surface area contributed by atoms with E-state index in [2.05, 4.69) is 9.97 Å². The zero-order chi connectivity index (χ0) is 11.7. The van der Waals surface area contributed by atoms with Gasteiger partial charge in [-0.05, 0) is 6.07 Å². The molecule has 2 aromatic heterocycles. The molecule has 0 fully saturated rings. The van der Waals surface area contributed by atoms with Crippen molar-refractivity contribution in [2.24, 2.45) is 0 Å². The predicted molar refractivity (Wildman–Crippen MR) is 65.2 cm³/mol. The highest BCUT2D eigenvalue weighted by atomic mass is 35.5. The summed E-state index contributed by atoms with van der Waals surface area (Å²) in [4.78, 5) is 8.35. The Kier molecular flexibility index (Phi) is 3.03. The number of nitrogens with zero attached hydrogens (tertiary/aromatic N) is 3. The Balaban J connectivity index is 2.60. The fourth-order valence-corrected chi connectivity index (χ4v) is 1.88. The van der Waals surface area contributed by atoms with Crippen LogP contribution in [0.25, 0.3) is 5.82 Å². The summed E-state index contributed by atoms with van der Waals surface area (Å²) < 4.78 is 1.80. The first-order valence-electron chi connectivity index (χ1n) is 4.77. The van der Waals surface area contributed by atoms with Crippen LogP contribution >= 0.6 is 23.2 Å². The third kappa shape index (κ3) is 1.86. The normalized spacial score (nSPS) is 10.7. The van der Waals surface area contributed by atoms with Crippen molar-refractivity contribution in [2.45, 2.75) is 13.3 Å². The third-order valence-corrected chi connectivity index (χ3v) is 2.78. The molecule has 2 rings (SSSR count). The molecule has 0 atom stereocenters. The lowest BCUT2D eigenvalue weighted by atomic mass is 10.4. The van der Waals surface area contributed by atoms with E-state index in [4.69, 9.17) is 28.9 Å². The molecule has 0 aliphatic heterocycles. The molecule has 0 bridgehead atoms. The molecule has 0 amide bonds. The topological polar surface area (TPSA) is 56.7 Å². The number of nitrogens with two attached hydrogens (primary N) is 1. The summed E-state index contributed by atoms with van der Waals surface area (Å²) in [7, 11) is 0. The van der Waals surface area contributed by atoms with E-state index in [1.807, 2.05) is 6.92 Å². The number of pyridine rings is 1. The number of aromatic nitrogens is 3. The Morgan fingerprint density at radius 2 is 2.12 bits per heavy atom. The van der Waals surface area contributed by atoms with Gasteiger partial charge < -0.3 is 5.73 Å². The maximum Gasteiger partial charge on any atom is 0.159 e. The van der Waals surface area contributed by atoms with Crippen molar-refractivity contribution in [2.75, 3.05) is 5.73 Å². The Bertz CT molecular complexity index is 522. The molecule has 6 heteroatoms. The van der Waals surface area contributed by atoms with Gasteiger partial charge in [0.1, 0.15) is 11.6 Å². The molecular formula is C10H10Cl2N4. The van der Waals surface area contributed by atoms with E-state index in [-0.39, 0.29) is 5.82 Å². The van der Waals surface area contributed by atoms with Crippen molar-refractivity contribution in [3.8, 4) is 5.82 Å². The van der Waals surface area contributed by atoms with Gasteiger partial charge in [-0.15, -0.1) is 0 Å². The summed E-state index contributed by atoms with van der Waals surface area (Å²) in [5, 5.41) is 0.804. The smallest absolute Gasteiger partial charge is 0.159 e. The predicted octanol–water partition coefficient (Wildman–Crippen LogP) is 2.72. The van der Waals surface area contributed by atoms with E-state index in [1.54, 1.807) is 23.0 Å². The highest BCUT2D eigenvalue weighted by Crippen LogP contribution is 2.27. The molecule has 0 aliphatic carbocycles. The Hall–Kier alpha value is -1.26. The average molecular weight is 257 g/mol. The van der Waals surface area contributed by atoms with Gasteiger partial charge in [0, 0.05) is 18.8 Å². The fraction of sp³-hybridized carbons (Fsp3) is 0.200. The second-order valence-electron chi connectivity index (χ2n) is 3.23. The van der Waals surface area contributed by atoms with E-state index < -0.39 is 0 Å². The molecule has 2 N–H and O–H groups in total. The zero-order valence-electron chi connectivity index (χ0n) is 8.61. The van der Waals surface area contributed by atoms with Crippen molar-refractivity contribution in [3.63, 3.8) is 0 Å². The van der Waals surface area contributed by atoms with Crippen molar-refractivity contribution in [1.82, 2.24) is 14.5 Å². The molecule has 4 nitrogen and oxygen atoms in total. The number of hydrogen-bond donors (Lipinski definition) is 1. The SMILES string of the molecule is CCc1nccn1-c1nc(N)c(Cl)cc1Cl. The maximum absolute atomic E-state index is 6.07. The quantitative estimate of drug-likeness (QED) is 0.899. The minimum absolute atomic E-state index is 0.261. The molecule has 0 saturated carbocycles. The van der Waals surface area contributed by atoms with E-state index in [0.717, 1.165) is 12.2 Å². The van der Waals surface area contributed by atoms with Crippen LogP contribution in [-0.4, -0.2) is 14.5 Å². The van der Waals surface area contributed by atoms with Gasteiger partial charge in [-0.2, -0.15) is 0 Å². The molecular weight excluding hydrogens is 247 g/mol. The Labute approximate surface area is 103 Å². The number of halogens is 2. The van der Waals surface area contributed by atoms with Gasteiger partial charge in [0.2, 0.25) is 0 Å². The van der Waals surface area contributed by atoms with Gasteiger partial charge in [-0.3, -0.25) is 4.57 Å². The van der Waals surface area contributed by atoms with Gasteiger partial charge >= 0.3 is 0 Å². The van der Waals surface area contributed by atoms with Crippen LogP contribution in [0.15, 0.2) is 18.5 Å². The summed E-state index contributed by atoms with van der Waals surface area (Å²) in [6, 6.07) is 1.58. The second kappa shape index (κ2) is 4.31. The monoisotopic (exact) mass is 256 g/mol. The molecule has 0 saturated heterocycles. The molecule has 0 radical (unpaired) electrons. The van der Waals surface area contributed by atoms with E-state index in [0.29, 0.717) is 15.9 Å². The highest BCUT2D eigenvalue weighted by molar-refractivity contribution is 6.36. The Morgan fingerprint density at radius 3 is 2.81 bits per heavy atom. The molecule has 84 valence electrons. The van der Waals surface area contributed by atoms with E-state index in [9.17, 15) is 0 Å². The number of rotatable bonds is 2. The van der Waals surface area contributed by atoms with Gasteiger partial charge in [0.15, 0.2) is 5.82 Å². The van der Waals surface area contributed by atoms with Crippen molar-refractivity contribution < 1.29 is 0 Å². The molecule has 16 heavy (non-hydrogen) atoms. The van der Waals surface area contributed by atoms with E-state index in [1.165, 1.54) is 0 Å². The van der Waals surface area contributed by atoms with Crippen LogP contribution in [0.1, 0.15) is 12.7 Å². The lowest BCUT2D eigenvalue weighted by molar-refractivity contribution is 0.869. The van der Waals surface area contributed by atoms with Crippen LogP contribution in [0.5, 0.6) is 0 Å². The number of aryl methyl sites for hydroxylation is 1. The second-order valence-corrected chi connectivity index (χ2v) is 4.04. The van der Waals surface area contributed by atoms with Crippen molar-refractivity contribution >= 4 is 29.0 Å². The third-order valence-electron chi connectivity index (χ3n) is 2.20. The Morgan fingerprint density at radius 1 is 1.38 bits per heavy atom. The van der Waals surface area contributed by atoms with Gasteiger partial charge in [-0.1, -0.05) is 30.1 Å². The molecule has 0 unspecified atom stereocenters. The number of anilines is 1. The minimum Gasteiger partial charge on any atom is -0.382 e. The zero-order valence-corrected chi connectivity index (χ0v) is 10.1. The highest BCUT2D eigenvalue weighted by Gasteiger charge is 2.11. The molecule has 0 aliphatic rings. The molecule has 2 heterocycles. The molecule has 0 spiro atoms. The lowest BCUT2D eigenvalue weighted by Gasteiger charge is -2.09. The molecule has 0 aromatic carbocycles. The summed E-state index contributed by atoms with van der Waals surface area (Å²) >= 11 is 11.9. The fourth-order valence-electron chi connectivity index (χ4n) is 1.43. The lowest BCUT2D eigenvalue weighted by Crippen LogP contribution is -2.04. The van der Waals surface area contributed by atoms with E-state index >= 15 is 0 Å². The first-order chi connectivity index (χ1) is 7.63. The maximum atomic E-state index is 6.07. The molecule has 2 aromatic rings. The van der Waals surface area contributed by atoms with Crippen LogP contribution in [0.2, 0.25) is 10.0 Å². The number of nitrogen functional groups attached to an aromatic ring is 1. The van der Waals surface area contributed by atoms with Crippen LogP contribution in [0.3, 0.4) is 0 Å². The van der Waals surface area contributed by atoms with Crippen LogP contribution in [-0.2, 0) is 6.42 Å². The van der Waals surface area contributed by atoms with Crippen LogP contribution in [0, 0.1) is 0 Å². The summed E-state index contributed by atoms with van der Waals surface area (Å²) in [5.74, 6) is 1.69. The largest absolute Gasteiger partial charge is 0.382 e. The summed E-state index contributed by atoms with van der Waals surface area (Å²) in [5.41, 5.74) is 5.65. The van der Waals surface area contributed by atoms with Gasteiger partial charge in [0.25, 0.3) is 0 Å². The van der Waals surface area contributed by atoms with Gasteiger partial charge in [-0.25, -0.2) is 9.97 Å². The number of imidazole rings is 1. The van der Waals surface area contributed by atoms with Crippen LogP contribution in [0.4, 0.5) is 5.82 Å². The first-order valence-corrected chi connectivity index (χ1v) is 5.53. The summed E-state index contributed by atoms with van der Waals surface area (Å²) in [6.07, 6.45) is 4.27. The summed E-state index contributed by atoms with van der Waals surface area (Å²) in [6.45, 7) is 2.01. The van der Waals surface area contributed by atoms with Crippen molar-refractivity contribution in [1.29, 1.82) is 0 Å². The average Bonchev–Trinajstić information content (AvgIpc) is 2.71. The van der Waals surface area contributed by atoms with Crippen LogP contribution < -0.4 is 5.73 Å². The number of hydrogen-bond acceptors (Lipinski definition) is 3. The first kappa shape index (κ1) is 11.2. The minimum atomic E-state index is 0.261. The van der Waals surface area contributed by atoms with Crippen molar-refractivity contribution in [3.05, 3.63) is 34.3 Å². The van der Waals surface area contributed by atoms with Gasteiger partial charge in [0.05, 0.1) is 10.0 Å².